The third kappa shape index (κ3) is 3.30. The zero-order valence-electron chi connectivity index (χ0n) is 14.6. The number of hydrogen-bond acceptors (Lipinski definition) is 5. The smallest absolute Gasteiger partial charge is 0.423 e. The molecule has 0 heterocycles. The molecular formula is C14H18F5N2O5S2-. The lowest BCUT2D eigenvalue weighted by Gasteiger charge is -2.60. The second-order valence-corrected chi connectivity index (χ2v) is 11.5. The van der Waals surface area contributed by atoms with E-state index >= 15 is 0 Å². The summed E-state index contributed by atoms with van der Waals surface area (Å²) in [7, 11) is -12.4. The van der Waals surface area contributed by atoms with E-state index in [1.54, 1.807) is 0 Å². The minimum Gasteiger partial charge on any atom is -0.423 e. The van der Waals surface area contributed by atoms with E-state index in [9.17, 15) is 43.6 Å². The van der Waals surface area contributed by atoms with Gasteiger partial charge in [-0.05, 0) is 56.3 Å². The Morgan fingerprint density at radius 2 is 1.29 bits per heavy atom. The molecule has 0 unspecified atom stereocenters. The van der Waals surface area contributed by atoms with E-state index in [1.807, 2.05) is 0 Å². The average Bonchev–Trinajstić information content (AvgIpc) is 2.49. The summed E-state index contributed by atoms with van der Waals surface area (Å²) in [6, 6.07) is 0. The van der Waals surface area contributed by atoms with E-state index in [2.05, 4.69) is 0 Å². The first-order valence-corrected chi connectivity index (χ1v) is 11.3. The minimum atomic E-state index is -6.76. The highest BCUT2D eigenvalue weighted by Crippen LogP contribution is 2.58. The Balaban J connectivity index is 1.86. The fourth-order valence-electron chi connectivity index (χ4n) is 5.21. The van der Waals surface area contributed by atoms with Gasteiger partial charge < -0.3 is 9.03 Å². The summed E-state index contributed by atoms with van der Waals surface area (Å²) < 4.78 is 112. The number of nitrogens with zero attached hydrogens (tertiary/aromatic N) is 2. The predicted octanol–water partition coefficient (Wildman–Crippen LogP) is 2.56. The molecule has 4 saturated carbocycles. The van der Waals surface area contributed by atoms with Gasteiger partial charge in [0, 0.05) is 12.6 Å². The summed E-state index contributed by atoms with van der Waals surface area (Å²) in [6.07, 6.45) is 3.89. The molecule has 0 aromatic rings. The maximum Gasteiger partial charge on any atom is 0.480 e. The second-order valence-electron chi connectivity index (χ2n) is 7.99. The van der Waals surface area contributed by atoms with Crippen LogP contribution < -0.4 is 0 Å². The molecule has 0 aliphatic heterocycles. The molecule has 4 bridgehead atoms. The van der Waals surface area contributed by atoms with Gasteiger partial charge in [0.15, 0.2) is 20.0 Å². The zero-order chi connectivity index (χ0) is 21.3. The van der Waals surface area contributed by atoms with Crippen LogP contribution in [0.5, 0.6) is 0 Å². The van der Waals surface area contributed by atoms with Gasteiger partial charge in [-0.25, -0.2) is 16.8 Å². The number of sulfonamides is 2. The average molecular weight is 453 g/mol. The lowest BCUT2D eigenvalue weighted by Crippen LogP contribution is -2.63. The van der Waals surface area contributed by atoms with Gasteiger partial charge in [-0.1, -0.05) is 0 Å². The summed E-state index contributed by atoms with van der Waals surface area (Å²) >= 11 is 0. The summed E-state index contributed by atoms with van der Waals surface area (Å²) in [5, 5.41) is -5.44. The Hall–Kier alpha value is -1.02. The number of rotatable bonds is 5. The van der Waals surface area contributed by atoms with Crippen molar-refractivity contribution < 1.29 is 43.6 Å². The van der Waals surface area contributed by atoms with Crippen LogP contribution >= 0.6 is 0 Å². The molecule has 0 radical (unpaired) electrons. The third-order valence-electron chi connectivity index (χ3n) is 6.08. The van der Waals surface area contributed by atoms with Gasteiger partial charge in [-0.15, -0.1) is 0 Å². The summed E-state index contributed by atoms with van der Waals surface area (Å²) in [6.45, 7) is 0. The van der Waals surface area contributed by atoms with E-state index < -0.39 is 42.3 Å². The molecule has 0 aromatic carbocycles. The van der Waals surface area contributed by atoms with Gasteiger partial charge in [0.2, 0.25) is 0 Å². The molecule has 4 aliphatic rings. The van der Waals surface area contributed by atoms with Gasteiger partial charge >= 0.3 is 16.7 Å². The number of carbonyl (C=O) groups excluding carboxylic acids is 1. The highest BCUT2D eigenvalue weighted by molar-refractivity contribution is 8.13. The normalized spacial score (nSPS) is 33.1. The van der Waals surface area contributed by atoms with Gasteiger partial charge in [0.1, 0.15) is 0 Å². The molecular weight excluding hydrogens is 435 g/mol. The quantitative estimate of drug-likeness (QED) is 0.596. The molecule has 162 valence electrons. The summed E-state index contributed by atoms with van der Waals surface area (Å²) in [5.41, 5.74) is -7.20. The summed E-state index contributed by atoms with van der Waals surface area (Å²) in [4.78, 5) is 12.9. The number of carbonyl (C=O) groups is 1. The summed E-state index contributed by atoms with van der Waals surface area (Å²) in [5.74, 6) is -1.64. The van der Waals surface area contributed by atoms with Crippen molar-refractivity contribution in [2.75, 3.05) is 7.05 Å². The van der Waals surface area contributed by atoms with Crippen LogP contribution in [0.4, 0.5) is 22.0 Å². The van der Waals surface area contributed by atoms with Crippen LogP contribution in [0.15, 0.2) is 0 Å². The first-order valence-electron chi connectivity index (χ1n) is 8.47. The lowest BCUT2D eigenvalue weighted by molar-refractivity contribution is -0.162. The second kappa shape index (κ2) is 6.24. The lowest BCUT2D eigenvalue weighted by atomic mass is 9.52. The van der Waals surface area contributed by atoms with Gasteiger partial charge in [-0.2, -0.15) is 22.0 Å². The number of hydrogen-bond donors (Lipinski definition) is 0. The van der Waals surface area contributed by atoms with Crippen LogP contribution in [0.3, 0.4) is 0 Å². The predicted molar refractivity (Wildman–Crippen MR) is 85.9 cm³/mol. The maximum atomic E-state index is 14.3. The number of halogens is 5. The van der Waals surface area contributed by atoms with E-state index in [-0.39, 0.29) is 17.8 Å². The molecule has 4 fully saturated rings. The SMILES string of the molecule is CN(C(=O)C(F)(F)S(=O)(=O)[N-]S(=O)(=O)C(F)(F)F)C12CC3CC(CC(C3)C1)C2. The Labute approximate surface area is 158 Å². The Bertz CT molecular complexity index is 849. The van der Waals surface area contributed by atoms with Crippen molar-refractivity contribution in [1.29, 1.82) is 0 Å². The number of amides is 1. The standard InChI is InChI=1S/C14H18F5N2O5S2/c1-21(12-5-8-2-9(6-12)4-10(3-8)7-12)11(22)13(15,16)27(23,24)20-28(25,26)14(17,18)19/h8-10H,2-7H2,1H3/q-1. The van der Waals surface area contributed by atoms with E-state index in [1.165, 1.54) is 4.13 Å². The van der Waals surface area contributed by atoms with Crippen molar-refractivity contribution in [2.24, 2.45) is 17.8 Å². The highest BCUT2D eigenvalue weighted by Gasteiger charge is 2.59. The Morgan fingerprint density at radius 3 is 1.64 bits per heavy atom. The van der Waals surface area contributed by atoms with Crippen LogP contribution in [0.1, 0.15) is 38.5 Å². The largest absolute Gasteiger partial charge is 0.480 e. The topological polar surface area (TPSA) is 103 Å². The Kier molecular flexibility index (Phi) is 4.83. The molecule has 0 aromatic heterocycles. The molecule has 0 saturated heterocycles. The zero-order valence-corrected chi connectivity index (χ0v) is 16.2. The molecule has 28 heavy (non-hydrogen) atoms. The van der Waals surface area contributed by atoms with Crippen molar-refractivity contribution in [3.8, 4) is 0 Å². The van der Waals surface area contributed by atoms with Crippen molar-refractivity contribution in [3.05, 3.63) is 4.13 Å². The van der Waals surface area contributed by atoms with Gasteiger partial charge in [0.05, 0.1) is 0 Å². The highest BCUT2D eigenvalue weighted by atomic mass is 32.3. The van der Waals surface area contributed by atoms with Crippen LogP contribution in [-0.4, -0.2) is 51.0 Å². The fourth-order valence-corrected chi connectivity index (χ4v) is 7.32. The molecule has 0 spiro atoms. The van der Waals surface area contributed by atoms with Crippen LogP contribution in [0.25, 0.3) is 4.13 Å². The van der Waals surface area contributed by atoms with Crippen LogP contribution in [-0.2, 0) is 24.8 Å². The maximum absolute atomic E-state index is 14.3. The van der Waals surface area contributed by atoms with Crippen LogP contribution in [0.2, 0.25) is 0 Å². The first-order chi connectivity index (χ1) is 12.5. The Morgan fingerprint density at radius 1 is 0.893 bits per heavy atom. The monoisotopic (exact) mass is 453 g/mol. The molecule has 4 rings (SSSR count). The van der Waals surface area contributed by atoms with Crippen molar-refractivity contribution >= 4 is 26.0 Å². The molecule has 14 heteroatoms. The van der Waals surface area contributed by atoms with E-state index in [0.717, 1.165) is 26.3 Å². The third-order valence-corrected chi connectivity index (χ3v) is 9.06. The minimum absolute atomic E-state index is 0.210. The van der Waals surface area contributed by atoms with E-state index in [4.69, 9.17) is 0 Å². The fraction of sp³-hybridized carbons (Fsp3) is 0.929. The van der Waals surface area contributed by atoms with Gasteiger partial charge in [0.25, 0.3) is 0 Å². The van der Waals surface area contributed by atoms with Crippen molar-refractivity contribution in [1.82, 2.24) is 4.90 Å². The molecule has 1 amide bonds. The van der Waals surface area contributed by atoms with Crippen molar-refractivity contribution in [2.45, 2.75) is 54.8 Å². The first kappa shape index (κ1) is 21.7. The van der Waals surface area contributed by atoms with Gasteiger partial charge in [-0.3, -0.25) is 4.79 Å². The molecule has 0 N–H and O–H groups in total. The van der Waals surface area contributed by atoms with Crippen LogP contribution in [0, 0.1) is 17.8 Å². The van der Waals surface area contributed by atoms with Crippen molar-refractivity contribution in [3.63, 3.8) is 0 Å². The molecule has 7 nitrogen and oxygen atoms in total. The molecule has 4 aliphatic carbocycles. The van der Waals surface area contributed by atoms with E-state index in [0.29, 0.717) is 24.2 Å². The molecule has 0 atom stereocenters. The number of alkyl halides is 5.